The number of nitrogens with one attached hydrogen (secondary N) is 2. The van der Waals surface area contributed by atoms with Crippen LogP contribution in [0.15, 0.2) is 12.5 Å². The third kappa shape index (κ3) is 3.47. The number of hydrogen-bond acceptors (Lipinski definition) is 4. The quantitative estimate of drug-likeness (QED) is 0.620. The summed E-state index contributed by atoms with van der Waals surface area (Å²) in [5.74, 6) is -0.431. The van der Waals surface area contributed by atoms with E-state index in [9.17, 15) is 9.59 Å². The minimum absolute atomic E-state index is 0.0953. The number of H-pyrrole nitrogens is 1. The highest BCUT2D eigenvalue weighted by atomic mass is 16.2. The lowest BCUT2D eigenvalue weighted by Gasteiger charge is -2.14. The van der Waals surface area contributed by atoms with Gasteiger partial charge in [0.05, 0.1) is 18.4 Å². The maximum absolute atomic E-state index is 11.6. The number of rotatable bonds is 5. The largest absolute Gasteiger partial charge is 0.348 e. The van der Waals surface area contributed by atoms with Gasteiger partial charge < -0.3 is 16.0 Å². The highest BCUT2D eigenvalue weighted by molar-refractivity contribution is 5.89. The first-order chi connectivity index (χ1) is 7.50. The first kappa shape index (κ1) is 12.4. The third-order valence-electron chi connectivity index (χ3n) is 2.30. The van der Waals surface area contributed by atoms with Crippen LogP contribution in [0.3, 0.4) is 0 Å². The van der Waals surface area contributed by atoms with Gasteiger partial charge in [0.25, 0.3) is 0 Å². The molecule has 0 radical (unpaired) electrons. The lowest BCUT2D eigenvalue weighted by molar-refractivity contribution is -0.127. The fourth-order valence-corrected chi connectivity index (χ4v) is 1.15. The normalized spacial score (nSPS) is 14.2. The third-order valence-corrected chi connectivity index (χ3v) is 2.30. The molecule has 0 spiro atoms. The van der Waals surface area contributed by atoms with Crippen LogP contribution in [0.4, 0.5) is 0 Å². The smallest absolute Gasteiger partial charge is 0.237 e. The van der Waals surface area contributed by atoms with Crippen LogP contribution in [0, 0.1) is 0 Å². The number of amides is 1. The Morgan fingerprint density at radius 2 is 2.31 bits per heavy atom. The van der Waals surface area contributed by atoms with Gasteiger partial charge >= 0.3 is 0 Å². The summed E-state index contributed by atoms with van der Waals surface area (Å²) in [4.78, 5) is 29.2. The lowest BCUT2D eigenvalue weighted by atomic mass is 10.1. The molecule has 6 heteroatoms. The van der Waals surface area contributed by atoms with Gasteiger partial charge in [-0.05, 0) is 13.8 Å². The van der Waals surface area contributed by atoms with Crippen molar-refractivity contribution in [2.24, 2.45) is 5.73 Å². The molecular formula is C10H16N4O2. The number of imidazole rings is 1. The van der Waals surface area contributed by atoms with Crippen LogP contribution in [0.1, 0.15) is 19.5 Å². The zero-order valence-electron chi connectivity index (χ0n) is 9.36. The van der Waals surface area contributed by atoms with Crippen molar-refractivity contribution in [2.75, 3.05) is 0 Å². The Balaban J connectivity index is 2.45. The summed E-state index contributed by atoms with van der Waals surface area (Å²) < 4.78 is 0. The van der Waals surface area contributed by atoms with Gasteiger partial charge in [-0.25, -0.2) is 4.98 Å². The molecule has 1 heterocycles. The fourth-order valence-electron chi connectivity index (χ4n) is 1.15. The van der Waals surface area contributed by atoms with Crippen LogP contribution < -0.4 is 11.1 Å². The molecule has 0 aliphatic carbocycles. The molecule has 88 valence electrons. The van der Waals surface area contributed by atoms with Gasteiger partial charge in [0.15, 0.2) is 5.78 Å². The molecule has 16 heavy (non-hydrogen) atoms. The van der Waals surface area contributed by atoms with Crippen LogP contribution in [-0.2, 0) is 16.0 Å². The summed E-state index contributed by atoms with van der Waals surface area (Å²) in [6, 6.07) is -1.18. The van der Waals surface area contributed by atoms with Crippen molar-refractivity contribution >= 4 is 11.7 Å². The van der Waals surface area contributed by atoms with E-state index < -0.39 is 12.1 Å². The predicted molar refractivity (Wildman–Crippen MR) is 58.6 cm³/mol. The summed E-state index contributed by atoms with van der Waals surface area (Å²) in [6.45, 7) is 3.05. The number of Topliss-reactive ketones (excluding diaryl/α,β-unsaturated/α-hetero) is 1. The van der Waals surface area contributed by atoms with Crippen molar-refractivity contribution in [1.82, 2.24) is 15.3 Å². The molecule has 6 nitrogen and oxygen atoms in total. The Morgan fingerprint density at radius 3 is 2.81 bits per heavy atom. The molecule has 2 unspecified atom stereocenters. The molecule has 1 amide bonds. The predicted octanol–water partition coefficient (Wildman–Crippen LogP) is -0.627. The van der Waals surface area contributed by atoms with Crippen LogP contribution in [-0.4, -0.2) is 33.7 Å². The summed E-state index contributed by atoms with van der Waals surface area (Å²) in [5.41, 5.74) is 6.48. The minimum atomic E-state index is -0.678. The Labute approximate surface area is 93.6 Å². The first-order valence-corrected chi connectivity index (χ1v) is 5.04. The van der Waals surface area contributed by atoms with Crippen LogP contribution in [0.25, 0.3) is 0 Å². The number of aromatic nitrogens is 2. The summed E-state index contributed by atoms with van der Waals surface area (Å²) >= 11 is 0. The number of carbonyl (C=O) groups excluding carboxylic acids is 2. The van der Waals surface area contributed by atoms with Crippen LogP contribution in [0.2, 0.25) is 0 Å². The van der Waals surface area contributed by atoms with Gasteiger partial charge in [0, 0.05) is 18.3 Å². The minimum Gasteiger partial charge on any atom is -0.348 e. The standard InChI is InChI=1S/C10H16N4O2/c1-6(7(2)15)14-10(16)9(11)3-8-4-12-5-13-8/h4-6,9H,3,11H2,1-2H3,(H,12,13)(H,14,16). The van der Waals surface area contributed by atoms with Crippen molar-refractivity contribution in [3.8, 4) is 0 Å². The molecule has 0 fully saturated rings. The monoisotopic (exact) mass is 224 g/mol. The Kier molecular flexibility index (Phi) is 4.19. The van der Waals surface area contributed by atoms with Gasteiger partial charge in [-0.2, -0.15) is 0 Å². The molecule has 0 aliphatic heterocycles. The van der Waals surface area contributed by atoms with E-state index in [1.165, 1.54) is 13.3 Å². The van der Waals surface area contributed by atoms with E-state index in [2.05, 4.69) is 15.3 Å². The maximum atomic E-state index is 11.6. The van der Waals surface area contributed by atoms with Gasteiger partial charge in [0.2, 0.25) is 5.91 Å². The summed E-state index contributed by atoms with van der Waals surface area (Å²) in [7, 11) is 0. The zero-order chi connectivity index (χ0) is 12.1. The molecule has 1 aromatic rings. The van der Waals surface area contributed by atoms with E-state index in [0.717, 1.165) is 5.69 Å². The maximum Gasteiger partial charge on any atom is 0.237 e. The average Bonchev–Trinajstić information content (AvgIpc) is 2.69. The molecule has 0 aliphatic rings. The van der Waals surface area contributed by atoms with Crippen LogP contribution in [0.5, 0.6) is 0 Å². The van der Waals surface area contributed by atoms with E-state index in [4.69, 9.17) is 5.73 Å². The van der Waals surface area contributed by atoms with E-state index in [1.54, 1.807) is 13.1 Å². The van der Waals surface area contributed by atoms with E-state index in [-0.39, 0.29) is 11.7 Å². The molecule has 2 atom stereocenters. The first-order valence-electron chi connectivity index (χ1n) is 5.04. The van der Waals surface area contributed by atoms with Gasteiger partial charge in [-0.1, -0.05) is 0 Å². The SMILES string of the molecule is CC(=O)C(C)NC(=O)C(N)Cc1cnc[nH]1. The molecule has 0 saturated heterocycles. The van der Waals surface area contributed by atoms with Gasteiger partial charge in [0.1, 0.15) is 0 Å². The summed E-state index contributed by atoms with van der Waals surface area (Å²) in [6.07, 6.45) is 3.51. The van der Waals surface area contributed by atoms with Crippen molar-refractivity contribution < 1.29 is 9.59 Å². The van der Waals surface area contributed by atoms with Gasteiger partial charge in [-0.3, -0.25) is 9.59 Å². The van der Waals surface area contributed by atoms with Crippen molar-refractivity contribution in [3.63, 3.8) is 0 Å². The second-order valence-corrected chi connectivity index (χ2v) is 3.73. The Morgan fingerprint density at radius 1 is 1.62 bits per heavy atom. The number of hydrogen-bond donors (Lipinski definition) is 3. The van der Waals surface area contributed by atoms with Crippen molar-refractivity contribution in [1.29, 1.82) is 0 Å². The number of nitrogens with zero attached hydrogens (tertiary/aromatic N) is 1. The molecular weight excluding hydrogens is 208 g/mol. The molecule has 0 aromatic carbocycles. The van der Waals surface area contributed by atoms with E-state index in [1.807, 2.05) is 0 Å². The van der Waals surface area contributed by atoms with Crippen molar-refractivity contribution in [3.05, 3.63) is 18.2 Å². The molecule has 0 bridgehead atoms. The Hall–Kier alpha value is -1.69. The van der Waals surface area contributed by atoms with E-state index in [0.29, 0.717) is 6.42 Å². The molecule has 0 saturated carbocycles. The molecule has 1 aromatic heterocycles. The topological polar surface area (TPSA) is 101 Å². The zero-order valence-corrected chi connectivity index (χ0v) is 9.36. The second kappa shape index (κ2) is 5.41. The fraction of sp³-hybridized carbons (Fsp3) is 0.500. The number of ketones is 1. The van der Waals surface area contributed by atoms with Crippen molar-refractivity contribution in [2.45, 2.75) is 32.4 Å². The second-order valence-electron chi connectivity index (χ2n) is 3.73. The molecule has 4 N–H and O–H groups in total. The average molecular weight is 224 g/mol. The Bertz CT molecular complexity index is 361. The number of aromatic amines is 1. The number of nitrogens with two attached hydrogens (primary N) is 1. The van der Waals surface area contributed by atoms with Gasteiger partial charge in [-0.15, -0.1) is 0 Å². The van der Waals surface area contributed by atoms with Crippen LogP contribution >= 0.6 is 0 Å². The lowest BCUT2D eigenvalue weighted by Crippen LogP contribution is -2.47. The molecule has 1 rings (SSSR count). The van der Waals surface area contributed by atoms with E-state index >= 15 is 0 Å². The highest BCUT2D eigenvalue weighted by Crippen LogP contribution is 1.97. The summed E-state index contributed by atoms with van der Waals surface area (Å²) in [5, 5.41) is 2.54. The highest BCUT2D eigenvalue weighted by Gasteiger charge is 2.18. The number of carbonyl (C=O) groups is 2.